The summed E-state index contributed by atoms with van der Waals surface area (Å²) in [6.45, 7) is 0.127. The summed E-state index contributed by atoms with van der Waals surface area (Å²) in [5, 5.41) is 13.5. The molecule has 114 valence electrons. The highest BCUT2D eigenvalue weighted by atomic mass is 32.1. The summed E-state index contributed by atoms with van der Waals surface area (Å²) in [5.74, 6) is -1.06. The Kier molecular flexibility index (Phi) is 6.50. The number of carbonyl (C=O) groups excluding carboxylic acids is 3. The second-order valence-electron chi connectivity index (χ2n) is 4.11. The maximum atomic E-state index is 11.9. The third-order valence-electron chi connectivity index (χ3n) is 2.66. The highest BCUT2D eigenvalue weighted by molar-refractivity contribution is 7.12. The molecule has 2 heterocycles. The Bertz CT molecular complexity index is 543. The van der Waals surface area contributed by atoms with Gasteiger partial charge in [0.15, 0.2) is 0 Å². The Balaban J connectivity index is 0.000000677. The number of hydrogen-bond donors (Lipinski definition) is 4. The lowest BCUT2D eigenvalue weighted by molar-refractivity contribution is -0.134. The minimum atomic E-state index is -0.640. The lowest BCUT2D eigenvalue weighted by Crippen LogP contribution is -2.52. The topological polar surface area (TPSA) is 139 Å². The molecule has 0 radical (unpaired) electrons. The number of imide groups is 1. The van der Waals surface area contributed by atoms with Crippen molar-refractivity contribution in [3.63, 3.8) is 0 Å². The maximum absolute atomic E-state index is 11.9. The van der Waals surface area contributed by atoms with E-state index in [-0.39, 0.29) is 24.7 Å². The first-order valence-corrected chi connectivity index (χ1v) is 6.89. The molecule has 0 saturated carbocycles. The first-order valence-electron chi connectivity index (χ1n) is 6.01. The highest BCUT2D eigenvalue weighted by Gasteiger charge is 2.28. The molecule has 9 heteroatoms. The van der Waals surface area contributed by atoms with E-state index in [1.807, 2.05) is 0 Å². The van der Waals surface area contributed by atoms with Crippen LogP contribution in [0.5, 0.6) is 0 Å². The fourth-order valence-corrected chi connectivity index (χ4v) is 2.49. The Morgan fingerprint density at radius 2 is 2.24 bits per heavy atom. The molecule has 21 heavy (non-hydrogen) atoms. The molecule has 5 N–H and O–H groups in total. The van der Waals surface area contributed by atoms with Crippen LogP contribution < -0.4 is 16.4 Å². The first kappa shape index (κ1) is 16.8. The largest absolute Gasteiger partial charge is 0.483 e. The summed E-state index contributed by atoms with van der Waals surface area (Å²) in [5.41, 5.74) is 6.34. The van der Waals surface area contributed by atoms with Crippen LogP contribution in [0.2, 0.25) is 0 Å². The summed E-state index contributed by atoms with van der Waals surface area (Å²) in [6, 6.07) is 1.06. The Morgan fingerprint density at radius 3 is 2.76 bits per heavy atom. The van der Waals surface area contributed by atoms with Gasteiger partial charge >= 0.3 is 0 Å². The van der Waals surface area contributed by atoms with Crippen molar-refractivity contribution in [1.82, 2.24) is 10.6 Å². The smallest absolute Gasteiger partial charge is 0.290 e. The van der Waals surface area contributed by atoms with Crippen LogP contribution in [0.25, 0.3) is 0 Å². The Labute approximate surface area is 124 Å². The van der Waals surface area contributed by atoms with Crippen LogP contribution >= 0.6 is 11.3 Å². The molecule has 8 nitrogen and oxygen atoms in total. The van der Waals surface area contributed by atoms with Crippen molar-refractivity contribution < 1.29 is 24.3 Å². The van der Waals surface area contributed by atoms with Gasteiger partial charge in [-0.15, -0.1) is 11.3 Å². The van der Waals surface area contributed by atoms with E-state index in [9.17, 15) is 14.4 Å². The third-order valence-corrected chi connectivity index (χ3v) is 3.64. The molecule has 1 atom stereocenters. The molecular weight excluding hydrogens is 298 g/mol. The fraction of sp³-hybridized carbons (Fsp3) is 0.333. The number of hydrogen-bond acceptors (Lipinski definition) is 6. The number of piperidine rings is 1. The quantitative estimate of drug-likeness (QED) is 0.436. The molecule has 0 bridgehead atoms. The number of nitrogens with one attached hydrogen (secondary N) is 2. The standard InChI is InChI=1S/C11H13N3O3S.CH2O2/c12-4-6-3-8(18-5-6)11(17)13-7-1-2-9(15)14-10(7)16;2-1-3/h3,5,7H,1-2,4,12H2,(H,13,17)(H,14,15,16);1H,(H,2,3). The minimum Gasteiger partial charge on any atom is -0.483 e. The molecule has 1 aliphatic rings. The van der Waals surface area contributed by atoms with Crippen molar-refractivity contribution in [2.24, 2.45) is 5.73 Å². The number of carboxylic acid groups (broad SMARTS) is 1. The maximum Gasteiger partial charge on any atom is 0.290 e. The predicted octanol–water partition coefficient (Wildman–Crippen LogP) is -0.557. The monoisotopic (exact) mass is 313 g/mol. The zero-order valence-corrected chi connectivity index (χ0v) is 11.8. The number of carbonyl (C=O) groups is 4. The zero-order chi connectivity index (χ0) is 15.8. The van der Waals surface area contributed by atoms with E-state index in [2.05, 4.69) is 10.6 Å². The number of nitrogens with two attached hydrogens (primary N) is 1. The molecule has 1 unspecified atom stereocenters. The normalized spacial score (nSPS) is 17.3. The van der Waals surface area contributed by atoms with E-state index >= 15 is 0 Å². The van der Waals surface area contributed by atoms with Crippen LogP contribution in [-0.4, -0.2) is 35.3 Å². The SMILES string of the molecule is NCc1csc(C(=O)NC2CCC(=O)NC2=O)c1.O=CO. The van der Waals surface area contributed by atoms with E-state index in [1.165, 1.54) is 11.3 Å². The van der Waals surface area contributed by atoms with Gasteiger partial charge in [0.25, 0.3) is 12.4 Å². The van der Waals surface area contributed by atoms with Crippen LogP contribution in [0.4, 0.5) is 0 Å². The number of rotatable bonds is 3. The van der Waals surface area contributed by atoms with Gasteiger partial charge in [0.2, 0.25) is 11.8 Å². The molecule has 1 saturated heterocycles. The summed E-state index contributed by atoms with van der Waals surface area (Å²) >= 11 is 1.28. The fourth-order valence-electron chi connectivity index (χ4n) is 1.66. The van der Waals surface area contributed by atoms with Gasteiger partial charge in [0, 0.05) is 13.0 Å². The molecule has 0 spiro atoms. The molecule has 1 fully saturated rings. The van der Waals surface area contributed by atoms with Gasteiger partial charge in [-0.3, -0.25) is 24.5 Å². The Morgan fingerprint density at radius 1 is 1.57 bits per heavy atom. The molecule has 1 aliphatic heterocycles. The van der Waals surface area contributed by atoms with E-state index < -0.39 is 11.9 Å². The summed E-state index contributed by atoms with van der Waals surface area (Å²) < 4.78 is 0. The van der Waals surface area contributed by atoms with Gasteiger partial charge in [-0.2, -0.15) is 0 Å². The molecule has 1 aromatic heterocycles. The minimum absolute atomic E-state index is 0.245. The lowest BCUT2D eigenvalue weighted by atomic mass is 10.1. The lowest BCUT2D eigenvalue weighted by Gasteiger charge is -2.21. The average Bonchev–Trinajstić information content (AvgIpc) is 2.92. The first-order chi connectivity index (χ1) is 10.0. The van der Waals surface area contributed by atoms with E-state index in [1.54, 1.807) is 11.4 Å². The average molecular weight is 313 g/mol. The highest BCUT2D eigenvalue weighted by Crippen LogP contribution is 2.15. The summed E-state index contributed by atoms with van der Waals surface area (Å²) in [4.78, 5) is 43.2. The second kappa shape index (κ2) is 8.12. The van der Waals surface area contributed by atoms with Gasteiger partial charge in [-0.05, 0) is 23.4 Å². The molecule has 0 aliphatic carbocycles. The van der Waals surface area contributed by atoms with Crippen molar-refractivity contribution in [2.45, 2.75) is 25.4 Å². The van der Waals surface area contributed by atoms with Gasteiger partial charge in [0.05, 0.1) is 4.88 Å². The van der Waals surface area contributed by atoms with Crippen molar-refractivity contribution in [3.05, 3.63) is 21.9 Å². The van der Waals surface area contributed by atoms with Crippen molar-refractivity contribution in [1.29, 1.82) is 0 Å². The van der Waals surface area contributed by atoms with E-state index in [0.717, 1.165) is 5.56 Å². The van der Waals surface area contributed by atoms with Crippen LogP contribution in [0.1, 0.15) is 28.1 Å². The van der Waals surface area contributed by atoms with Crippen LogP contribution in [-0.2, 0) is 20.9 Å². The third kappa shape index (κ3) is 4.97. The van der Waals surface area contributed by atoms with Gasteiger partial charge in [-0.25, -0.2) is 0 Å². The Hall–Kier alpha value is -2.26. The summed E-state index contributed by atoms with van der Waals surface area (Å²) in [6.07, 6.45) is 0.584. The van der Waals surface area contributed by atoms with Crippen LogP contribution in [0.15, 0.2) is 11.4 Å². The van der Waals surface area contributed by atoms with Crippen LogP contribution in [0, 0.1) is 0 Å². The van der Waals surface area contributed by atoms with E-state index in [0.29, 0.717) is 17.8 Å². The van der Waals surface area contributed by atoms with Gasteiger partial charge in [-0.1, -0.05) is 0 Å². The van der Waals surface area contributed by atoms with Crippen molar-refractivity contribution >= 4 is 35.5 Å². The summed E-state index contributed by atoms with van der Waals surface area (Å²) in [7, 11) is 0. The second-order valence-corrected chi connectivity index (χ2v) is 5.02. The molecule has 0 aromatic carbocycles. The zero-order valence-electron chi connectivity index (χ0n) is 11.0. The molecular formula is C12H15N3O5S. The number of amides is 3. The molecule has 1 aromatic rings. The van der Waals surface area contributed by atoms with E-state index in [4.69, 9.17) is 15.6 Å². The molecule has 2 rings (SSSR count). The van der Waals surface area contributed by atoms with Gasteiger partial charge in [0.1, 0.15) is 6.04 Å². The number of thiophene rings is 1. The predicted molar refractivity (Wildman–Crippen MR) is 74.5 cm³/mol. The van der Waals surface area contributed by atoms with Crippen molar-refractivity contribution in [2.75, 3.05) is 0 Å². The van der Waals surface area contributed by atoms with Gasteiger partial charge < -0.3 is 16.2 Å². The molecule has 3 amide bonds. The van der Waals surface area contributed by atoms with Crippen LogP contribution in [0.3, 0.4) is 0 Å². The van der Waals surface area contributed by atoms with Crippen molar-refractivity contribution in [3.8, 4) is 0 Å².